The van der Waals surface area contributed by atoms with Crippen molar-refractivity contribution < 1.29 is 0 Å². The van der Waals surface area contributed by atoms with E-state index in [1.165, 1.54) is 10.4 Å². The van der Waals surface area contributed by atoms with Crippen LogP contribution < -0.4 is 5.32 Å². The third-order valence-electron chi connectivity index (χ3n) is 2.52. The Morgan fingerprint density at radius 3 is 2.44 bits per heavy atom. The van der Waals surface area contributed by atoms with Crippen molar-refractivity contribution in [1.29, 1.82) is 0 Å². The predicted molar refractivity (Wildman–Crippen MR) is 72.5 cm³/mol. The molecular weight excluding hydrogens is 238 g/mol. The highest BCUT2D eigenvalue weighted by molar-refractivity contribution is 7.10. The van der Waals surface area contributed by atoms with Crippen molar-refractivity contribution in [2.75, 3.05) is 5.32 Å². The molecule has 0 bridgehead atoms. The lowest BCUT2D eigenvalue weighted by Crippen LogP contribution is -2.05. The lowest BCUT2D eigenvalue weighted by Gasteiger charge is -2.14. The number of anilines is 1. The quantitative estimate of drug-likeness (QED) is 0.820. The smallest absolute Gasteiger partial charge is 0.0581 e. The fraction of sp³-hybridized carbons (Fsp3) is 0.231. The second kappa shape index (κ2) is 4.89. The van der Waals surface area contributed by atoms with Gasteiger partial charge in [0.2, 0.25) is 0 Å². The number of aryl methyl sites for hydroxylation is 1. The molecule has 1 atom stereocenters. The third-order valence-corrected chi connectivity index (χ3v) is 3.98. The van der Waals surface area contributed by atoms with Crippen LogP contribution in [0.5, 0.6) is 0 Å². The summed E-state index contributed by atoms with van der Waals surface area (Å²) in [5.41, 5.74) is 2.45. The summed E-state index contributed by atoms with van der Waals surface area (Å²) in [5, 5.41) is 6.36. The molecule has 0 aliphatic heterocycles. The van der Waals surface area contributed by atoms with Gasteiger partial charge in [-0.05, 0) is 55.1 Å². The molecule has 3 heteroatoms. The van der Waals surface area contributed by atoms with Crippen LogP contribution in [-0.4, -0.2) is 0 Å². The Kier molecular flexibility index (Phi) is 3.52. The first-order valence-corrected chi connectivity index (χ1v) is 6.48. The minimum atomic E-state index is 0.334. The highest BCUT2D eigenvalue weighted by atomic mass is 35.5. The molecule has 2 aromatic rings. The molecule has 1 nitrogen and oxygen atoms in total. The molecule has 1 N–H and O–H groups in total. The van der Waals surface area contributed by atoms with Gasteiger partial charge in [0.25, 0.3) is 0 Å². The molecule has 1 unspecified atom stereocenters. The van der Waals surface area contributed by atoms with Crippen molar-refractivity contribution in [3.63, 3.8) is 0 Å². The lowest BCUT2D eigenvalue weighted by atomic mass is 10.2. The predicted octanol–water partition coefficient (Wildman–Crippen LogP) is 4.88. The fourth-order valence-electron chi connectivity index (χ4n) is 1.69. The van der Waals surface area contributed by atoms with Gasteiger partial charge in [0.1, 0.15) is 0 Å². The molecule has 1 aromatic heterocycles. The molecular formula is C13H14ClNS. The molecule has 84 valence electrons. The van der Waals surface area contributed by atoms with Gasteiger partial charge in [0, 0.05) is 15.6 Å². The van der Waals surface area contributed by atoms with Gasteiger partial charge in [0.05, 0.1) is 6.04 Å². The van der Waals surface area contributed by atoms with Gasteiger partial charge in [-0.25, -0.2) is 0 Å². The zero-order chi connectivity index (χ0) is 11.5. The number of benzene rings is 1. The van der Waals surface area contributed by atoms with Crippen LogP contribution in [0.2, 0.25) is 5.02 Å². The summed E-state index contributed by atoms with van der Waals surface area (Å²) >= 11 is 7.64. The summed E-state index contributed by atoms with van der Waals surface area (Å²) in [6, 6.07) is 10.3. The maximum absolute atomic E-state index is 5.85. The number of thiophene rings is 1. The zero-order valence-electron chi connectivity index (χ0n) is 9.33. The average molecular weight is 252 g/mol. The van der Waals surface area contributed by atoms with E-state index >= 15 is 0 Å². The molecule has 0 saturated heterocycles. The van der Waals surface area contributed by atoms with Gasteiger partial charge < -0.3 is 5.32 Å². The second-order valence-electron chi connectivity index (χ2n) is 3.84. The van der Waals surface area contributed by atoms with Gasteiger partial charge in [-0.1, -0.05) is 11.6 Å². The van der Waals surface area contributed by atoms with Crippen molar-refractivity contribution in [2.24, 2.45) is 0 Å². The summed E-state index contributed by atoms with van der Waals surface area (Å²) < 4.78 is 0. The molecule has 0 radical (unpaired) electrons. The van der Waals surface area contributed by atoms with Gasteiger partial charge in [-0.15, -0.1) is 11.3 Å². The van der Waals surface area contributed by atoms with Crippen LogP contribution in [0.4, 0.5) is 5.69 Å². The maximum Gasteiger partial charge on any atom is 0.0581 e. The van der Waals surface area contributed by atoms with E-state index < -0.39 is 0 Å². The first kappa shape index (κ1) is 11.5. The summed E-state index contributed by atoms with van der Waals surface area (Å²) in [7, 11) is 0. The molecule has 1 heterocycles. The maximum atomic E-state index is 5.85. The first-order chi connectivity index (χ1) is 7.66. The van der Waals surface area contributed by atoms with E-state index in [-0.39, 0.29) is 0 Å². The molecule has 0 fully saturated rings. The number of rotatable bonds is 3. The Balaban J connectivity index is 2.10. The Morgan fingerprint density at radius 2 is 1.88 bits per heavy atom. The van der Waals surface area contributed by atoms with E-state index in [0.717, 1.165) is 10.7 Å². The van der Waals surface area contributed by atoms with Crippen LogP contribution in [0.25, 0.3) is 0 Å². The van der Waals surface area contributed by atoms with Crippen molar-refractivity contribution in [1.82, 2.24) is 0 Å². The van der Waals surface area contributed by atoms with Crippen LogP contribution in [0.1, 0.15) is 23.4 Å². The summed E-state index contributed by atoms with van der Waals surface area (Å²) in [5.74, 6) is 0. The van der Waals surface area contributed by atoms with E-state index in [1.54, 1.807) is 11.3 Å². The van der Waals surface area contributed by atoms with Crippen molar-refractivity contribution in [3.05, 3.63) is 51.2 Å². The molecule has 1 aromatic carbocycles. The SMILES string of the molecule is Cc1ccsc1C(C)Nc1ccc(Cl)cc1. The Hall–Kier alpha value is -0.990. The molecule has 16 heavy (non-hydrogen) atoms. The summed E-state index contributed by atoms with van der Waals surface area (Å²) in [6.07, 6.45) is 0. The number of halogens is 1. The molecule has 0 aliphatic carbocycles. The zero-order valence-corrected chi connectivity index (χ0v) is 10.9. The van der Waals surface area contributed by atoms with Gasteiger partial charge in [-0.3, -0.25) is 0 Å². The second-order valence-corrected chi connectivity index (χ2v) is 5.22. The van der Waals surface area contributed by atoms with E-state index in [2.05, 4.69) is 30.6 Å². The molecule has 0 spiro atoms. The van der Waals surface area contributed by atoms with Gasteiger partial charge in [-0.2, -0.15) is 0 Å². The average Bonchev–Trinajstić information content (AvgIpc) is 2.68. The topological polar surface area (TPSA) is 12.0 Å². The van der Waals surface area contributed by atoms with E-state index in [0.29, 0.717) is 6.04 Å². The Morgan fingerprint density at radius 1 is 1.19 bits per heavy atom. The van der Waals surface area contributed by atoms with Crippen molar-refractivity contribution >= 4 is 28.6 Å². The number of hydrogen-bond donors (Lipinski definition) is 1. The monoisotopic (exact) mass is 251 g/mol. The van der Waals surface area contributed by atoms with E-state index in [9.17, 15) is 0 Å². The molecule has 0 amide bonds. The van der Waals surface area contributed by atoms with Crippen LogP contribution >= 0.6 is 22.9 Å². The Bertz CT molecular complexity index is 461. The molecule has 2 rings (SSSR count). The largest absolute Gasteiger partial charge is 0.378 e. The van der Waals surface area contributed by atoms with Crippen LogP contribution in [0.3, 0.4) is 0 Å². The van der Waals surface area contributed by atoms with E-state index in [1.807, 2.05) is 24.3 Å². The minimum absolute atomic E-state index is 0.334. The van der Waals surface area contributed by atoms with Crippen LogP contribution in [0.15, 0.2) is 35.7 Å². The van der Waals surface area contributed by atoms with Crippen molar-refractivity contribution in [2.45, 2.75) is 19.9 Å². The third kappa shape index (κ3) is 2.57. The van der Waals surface area contributed by atoms with Gasteiger partial charge in [0.15, 0.2) is 0 Å². The highest BCUT2D eigenvalue weighted by Crippen LogP contribution is 2.27. The molecule has 0 aliphatic rings. The first-order valence-electron chi connectivity index (χ1n) is 5.23. The summed E-state index contributed by atoms with van der Waals surface area (Å²) in [4.78, 5) is 1.38. The number of hydrogen-bond acceptors (Lipinski definition) is 2. The van der Waals surface area contributed by atoms with Crippen LogP contribution in [-0.2, 0) is 0 Å². The molecule has 0 saturated carbocycles. The van der Waals surface area contributed by atoms with Crippen LogP contribution in [0, 0.1) is 6.92 Å². The minimum Gasteiger partial charge on any atom is -0.378 e. The number of nitrogens with one attached hydrogen (secondary N) is 1. The van der Waals surface area contributed by atoms with Gasteiger partial charge >= 0.3 is 0 Å². The normalized spacial score (nSPS) is 12.4. The fourth-order valence-corrected chi connectivity index (χ4v) is 2.75. The standard InChI is InChI=1S/C13H14ClNS/c1-9-7-8-16-13(9)10(2)15-12-5-3-11(14)4-6-12/h3-8,10,15H,1-2H3. The Labute approximate surface area is 105 Å². The lowest BCUT2D eigenvalue weighted by molar-refractivity contribution is 0.899. The van der Waals surface area contributed by atoms with E-state index in [4.69, 9.17) is 11.6 Å². The summed E-state index contributed by atoms with van der Waals surface area (Å²) in [6.45, 7) is 4.32. The highest BCUT2D eigenvalue weighted by Gasteiger charge is 2.09. The van der Waals surface area contributed by atoms with Crippen molar-refractivity contribution in [3.8, 4) is 0 Å².